The van der Waals surface area contributed by atoms with Gasteiger partial charge in [-0.05, 0) is 42.2 Å². The molecule has 2 heteroatoms. The predicted octanol–water partition coefficient (Wildman–Crippen LogP) is 5.34. The van der Waals surface area contributed by atoms with Gasteiger partial charge in [-0.15, -0.1) is 0 Å². The van der Waals surface area contributed by atoms with E-state index in [-0.39, 0.29) is 0 Å². The number of rotatable bonds is 2. The largest absolute Gasteiger partial charge is 0.265 e. The SMILES string of the molecule is CC.CC.CCc1cccnc1.CCc1ccncc1. The molecule has 112 valence electrons. The van der Waals surface area contributed by atoms with Gasteiger partial charge in [0, 0.05) is 24.8 Å². The van der Waals surface area contributed by atoms with Gasteiger partial charge in [-0.2, -0.15) is 0 Å². The molecule has 2 nitrogen and oxygen atoms in total. The van der Waals surface area contributed by atoms with Gasteiger partial charge in [0.05, 0.1) is 0 Å². The fourth-order valence-electron chi connectivity index (χ4n) is 1.23. The van der Waals surface area contributed by atoms with Crippen LogP contribution < -0.4 is 0 Å². The van der Waals surface area contributed by atoms with Gasteiger partial charge in [-0.3, -0.25) is 9.97 Å². The summed E-state index contributed by atoms with van der Waals surface area (Å²) in [6.07, 6.45) is 9.49. The molecular formula is C18H30N2. The normalized spacial score (nSPS) is 7.90. The lowest BCUT2D eigenvalue weighted by molar-refractivity contribution is 1.10. The van der Waals surface area contributed by atoms with E-state index in [1.165, 1.54) is 11.1 Å². The number of hydrogen-bond acceptors (Lipinski definition) is 2. The molecule has 2 aromatic heterocycles. The summed E-state index contributed by atoms with van der Waals surface area (Å²) < 4.78 is 0. The van der Waals surface area contributed by atoms with Crippen LogP contribution in [0.1, 0.15) is 52.7 Å². The van der Waals surface area contributed by atoms with Gasteiger partial charge >= 0.3 is 0 Å². The van der Waals surface area contributed by atoms with Crippen LogP contribution in [0.5, 0.6) is 0 Å². The van der Waals surface area contributed by atoms with Gasteiger partial charge < -0.3 is 0 Å². The third kappa shape index (κ3) is 11.4. The zero-order valence-electron chi connectivity index (χ0n) is 13.9. The first-order chi connectivity index (χ1) is 9.86. The Morgan fingerprint density at radius 1 is 0.700 bits per heavy atom. The van der Waals surface area contributed by atoms with E-state index in [0.717, 1.165) is 12.8 Å². The molecule has 2 aromatic rings. The van der Waals surface area contributed by atoms with Crippen LogP contribution >= 0.6 is 0 Å². The Morgan fingerprint density at radius 2 is 1.25 bits per heavy atom. The lowest BCUT2D eigenvalue weighted by atomic mass is 10.2. The number of aryl methyl sites for hydroxylation is 2. The summed E-state index contributed by atoms with van der Waals surface area (Å²) in [5.74, 6) is 0. The molecule has 0 atom stereocenters. The molecule has 0 amide bonds. The highest BCUT2D eigenvalue weighted by Gasteiger charge is 1.81. The van der Waals surface area contributed by atoms with E-state index in [2.05, 4.69) is 29.9 Å². The predicted molar refractivity (Wildman–Crippen MR) is 89.9 cm³/mol. The zero-order valence-corrected chi connectivity index (χ0v) is 13.9. The quantitative estimate of drug-likeness (QED) is 0.738. The smallest absolute Gasteiger partial charge is 0.0299 e. The molecule has 0 saturated heterocycles. The average molecular weight is 274 g/mol. The van der Waals surface area contributed by atoms with Gasteiger partial charge in [0.15, 0.2) is 0 Å². The van der Waals surface area contributed by atoms with Gasteiger partial charge in [0.2, 0.25) is 0 Å². The minimum Gasteiger partial charge on any atom is -0.265 e. The van der Waals surface area contributed by atoms with Crippen LogP contribution in [-0.2, 0) is 12.8 Å². The third-order valence-electron chi connectivity index (χ3n) is 2.29. The molecule has 2 rings (SSSR count). The van der Waals surface area contributed by atoms with Crippen molar-refractivity contribution < 1.29 is 0 Å². The summed E-state index contributed by atoms with van der Waals surface area (Å²) in [5.41, 5.74) is 2.65. The fraction of sp³-hybridized carbons (Fsp3) is 0.444. The highest BCUT2D eigenvalue weighted by Crippen LogP contribution is 1.94. The number of aromatic nitrogens is 2. The Hall–Kier alpha value is -1.70. The molecule has 0 aliphatic rings. The second-order valence-electron chi connectivity index (χ2n) is 3.42. The molecule has 0 bridgehead atoms. The lowest BCUT2D eigenvalue weighted by Crippen LogP contribution is -1.77. The van der Waals surface area contributed by atoms with Crippen molar-refractivity contribution in [3.8, 4) is 0 Å². The van der Waals surface area contributed by atoms with Crippen molar-refractivity contribution in [3.63, 3.8) is 0 Å². The van der Waals surface area contributed by atoms with Gasteiger partial charge in [-0.25, -0.2) is 0 Å². The minimum absolute atomic E-state index is 1.08. The first-order valence-corrected chi connectivity index (χ1v) is 7.64. The van der Waals surface area contributed by atoms with Gasteiger partial charge in [0.1, 0.15) is 0 Å². The average Bonchev–Trinajstić information content (AvgIpc) is 2.60. The molecule has 0 saturated carbocycles. The van der Waals surface area contributed by atoms with Crippen molar-refractivity contribution >= 4 is 0 Å². The number of nitrogens with zero attached hydrogens (tertiary/aromatic N) is 2. The Bertz CT molecular complexity index is 332. The van der Waals surface area contributed by atoms with Crippen LogP contribution in [0.25, 0.3) is 0 Å². The summed E-state index contributed by atoms with van der Waals surface area (Å²) in [6, 6.07) is 8.09. The maximum Gasteiger partial charge on any atom is 0.0299 e. The van der Waals surface area contributed by atoms with E-state index in [1.807, 2.05) is 64.5 Å². The maximum absolute atomic E-state index is 3.96. The molecule has 0 aromatic carbocycles. The highest BCUT2D eigenvalue weighted by molar-refractivity contribution is 5.08. The Balaban J connectivity index is 0. The van der Waals surface area contributed by atoms with Crippen molar-refractivity contribution in [1.29, 1.82) is 0 Å². The van der Waals surface area contributed by atoms with Crippen molar-refractivity contribution in [2.24, 2.45) is 0 Å². The highest BCUT2D eigenvalue weighted by atomic mass is 14.6. The Labute approximate surface area is 125 Å². The topological polar surface area (TPSA) is 25.8 Å². The van der Waals surface area contributed by atoms with Crippen molar-refractivity contribution in [2.75, 3.05) is 0 Å². The van der Waals surface area contributed by atoms with E-state index < -0.39 is 0 Å². The minimum atomic E-state index is 1.08. The molecule has 0 aliphatic heterocycles. The molecule has 20 heavy (non-hydrogen) atoms. The van der Waals surface area contributed by atoms with Gasteiger partial charge in [0.25, 0.3) is 0 Å². The Morgan fingerprint density at radius 3 is 1.55 bits per heavy atom. The van der Waals surface area contributed by atoms with Crippen LogP contribution in [0.3, 0.4) is 0 Å². The van der Waals surface area contributed by atoms with Crippen LogP contribution in [0.4, 0.5) is 0 Å². The molecule has 0 N–H and O–H groups in total. The summed E-state index contributed by atoms with van der Waals surface area (Å²) in [4.78, 5) is 7.85. The van der Waals surface area contributed by atoms with E-state index >= 15 is 0 Å². The third-order valence-corrected chi connectivity index (χ3v) is 2.29. The first-order valence-electron chi connectivity index (χ1n) is 7.64. The number of pyridine rings is 2. The molecule has 0 unspecified atom stereocenters. The van der Waals surface area contributed by atoms with E-state index in [0.29, 0.717) is 0 Å². The summed E-state index contributed by atoms with van der Waals surface area (Å²) in [5, 5.41) is 0. The fourth-order valence-corrected chi connectivity index (χ4v) is 1.23. The summed E-state index contributed by atoms with van der Waals surface area (Å²) in [7, 11) is 0. The van der Waals surface area contributed by atoms with Crippen molar-refractivity contribution in [2.45, 2.75) is 54.4 Å². The molecule has 0 fully saturated rings. The maximum atomic E-state index is 3.96. The molecule has 0 radical (unpaired) electrons. The lowest BCUT2D eigenvalue weighted by Gasteiger charge is -1.89. The van der Waals surface area contributed by atoms with E-state index in [4.69, 9.17) is 0 Å². The van der Waals surface area contributed by atoms with E-state index in [9.17, 15) is 0 Å². The Kier molecular flexibility index (Phi) is 17.8. The van der Waals surface area contributed by atoms with Crippen molar-refractivity contribution in [1.82, 2.24) is 9.97 Å². The van der Waals surface area contributed by atoms with E-state index in [1.54, 1.807) is 6.20 Å². The molecule has 2 heterocycles. The zero-order chi connectivity index (χ0) is 15.6. The first kappa shape index (κ1) is 20.6. The van der Waals surface area contributed by atoms with Crippen LogP contribution in [0.15, 0.2) is 49.1 Å². The molecular weight excluding hydrogens is 244 g/mol. The second kappa shape index (κ2) is 17.3. The van der Waals surface area contributed by atoms with Crippen LogP contribution in [-0.4, -0.2) is 9.97 Å². The monoisotopic (exact) mass is 274 g/mol. The summed E-state index contributed by atoms with van der Waals surface area (Å²) in [6.45, 7) is 12.3. The summed E-state index contributed by atoms with van der Waals surface area (Å²) >= 11 is 0. The number of hydrogen-bond donors (Lipinski definition) is 0. The van der Waals surface area contributed by atoms with Crippen LogP contribution in [0, 0.1) is 0 Å². The second-order valence-corrected chi connectivity index (χ2v) is 3.42. The molecule has 0 spiro atoms. The molecule has 0 aliphatic carbocycles. The van der Waals surface area contributed by atoms with Crippen molar-refractivity contribution in [3.05, 3.63) is 60.2 Å². The van der Waals surface area contributed by atoms with Gasteiger partial charge in [-0.1, -0.05) is 47.6 Å². The standard InChI is InChI=1S/2C7H9N.2C2H6/c1-2-7-3-5-8-6-4-7;1-2-7-4-3-5-8-6-7;2*1-2/h2*3-6H,2H2,1H3;2*1-2H3. The van der Waals surface area contributed by atoms with Crippen LogP contribution in [0.2, 0.25) is 0 Å².